The summed E-state index contributed by atoms with van der Waals surface area (Å²) in [7, 11) is 0. The van der Waals surface area contributed by atoms with Gasteiger partial charge in [0, 0.05) is 6.04 Å². The molecule has 82 valence electrons. The Hall–Kier alpha value is -0.370. The van der Waals surface area contributed by atoms with Crippen LogP contribution >= 0.6 is 0 Å². The van der Waals surface area contributed by atoms with Crippen molar-refractivity contribution in [3.05, 3.63) is 0 Å². The molecule has 1 aliphatic rings. The molecular weight excluding hydrogens is 172 g/mol. The quantitative estimate of drug-likeness (QED) is 0.643. The Morgan fingerprint density at radius 3 is 2.21 bits per heavy atom. The first kappa shape index (κ1) is 11.7. The third-order valence-corrected chi connectivity index (χ3v) is 3.12. The summed E-state index contributed by atoms with van der Waals surface area (Å²) in [6, 6.07) is 0.683. The summed E-state index contributed by atoms with van der Waals surface area (Å²) < 4.78 is 0. The average molecular weight is 196 g/mol. The fourth-order valence-corrected chi connectivity index (χ4v) is 2.22. The Morgan fingerprint density at radius 1 is 1.00 bits per heavy atom. The van der Waals surface area contributed by atoms with Gasteiger partial charge in [-0.3, -0.25) is 4.99 Å². The molecule has 2 nitrogen and oxygen atoms in total. The van der Waals surface area contributed by atoms with Crippen LogP contribution in [0.25, 0.3) is 0 Å². The lowest BCUT2D eigenvalue weighted by Crippen LogP contribution is -2.33. The number of nitrogens with zero attached hydrogens (tertiary/aromatic N) is 1. The van der Waals surface area contributed by atoms with Gasteiger partial charge in [-0.15, -0.1) is 0 Å². The lowest BCUT2D eigenvalue weighted by Gasteiger charge is -2.21. The summed E-state index contributed by atoms with van der Waals surface area (Å²) in [5.41, 5.74) is 6.14. The van der Waals surface area contributed by atoms with Crippen molar-refractivity contribution in [3.8, 4) is 0 Å². The highest BCUT2D eigenvalue weighted by atomic mass is 14.8. The molecule has 2 N–H and O–H groups in total. The van der Waals surface area contributed by atoms with Crippen molar-refractivity contribution >= 4 is 6.21 Å². The van der Waals surface area contributed by atoms with E-state index < -0.39 is 0 Å². The number of hydrogen-bond donors (Lipinski definition) is 1. The maximum Gasteiger partial charge on any atom is 0.0646 e. The van der Waals surface area contributed by atoms with E-state index in [2.05, 4.69) is 4.99 Å². The standard InChI is InChI=1S/C12H24N2/c1-2-14-12-10-8-6-4-3-5-7-9-11(12)13/h2,11-12H,3-10,13H2,1H3. The second kappa shape index (κ2) is 6.99. The third-order valence-electron chi connectivity index (χ3n) is 3.12. The highest BCUT2D eigenvalue weighted by Crippen LogP contribution is 2.18. The molecule has 2 unspecified atom stereocenters. The zero-order chi connectivity index (χ0) is 10.2. The smallest absolute Gasteiger partial charge is 0.0646 e. The summed E-state index contributed by atoms with van der Waals surface area (Å²) in [6.45, 7) is 1.99. The Labute approximate surface area is 88.0 Å². The fraction of sp³-hybridized carbons (Fsp3) is 0.917. The van der Waals surface area contributed by atoms with Gasteiger partial charge in [0.25, 0.3) is 0 Å². The van der Waals surface area contributed by atoms with Gasteiger partial charge in [-0.2, -0.15) is 0 Å². The summed E-state index contributed by atoms with van der Waals surface area (Å²) in [5, 5.41) is 0. The van der Waals surface area contributed by atoms with Crippen molar-refractivity contribution in [3.63, 3.8) is 0 Å². The number of nitrogens with two attached hydrogens (primary N) is 1. The number of aliphatic imine (C=N–C) groups is 1. The van der Waals surface area contributed by atoms with Crippen LogP contribution in [0.1, 0.15) is 58.3 Å². The van der Waals surface area contributed by atoms with E-state index in [-0.39, 0.29) is 0 Å². The van der Waals surface area contributed by atoms with Gasteiger partial charge in [0.1, 0.15) is 0 Å². The molecule has 1 rings (SSSR count). The van der Waals surface area contributed by atoms with Crippen LogP contribution in [0.15, 0.2) is 4.99 Å². The largest absolute Gasteiger partial charge is 0.326 e. The first-order valence-corrected chi connectivity index (χ1v) is 6.08. The molecule has 0 radical (unpaired) electrons. The lowest BCUT2D eigenvalue weighted by atomic mass is 9.94. The summed E-state index contributed by atoms with van der Waals surface area (Å²) in [4.78, 5) is 4.49. The molecule has 0 amide bonds. The second-order valence-electron chi connectivity index (χ2n) is 4.34. The zero-order valence-corrected chi connectivity index (χ0v) is 9.41. The van der Waals surface area contributed by atoms with Crippen molar-refractivity contribution in [1.29, 1.82) is 0 Å². The van der Waals surface area contributed by atoms with Crippen LogP contribution in [0.3, 0.4) is 0 Å². The minimum absolute atomic E-state index is 0.296. The maximum absolute atomic E-state index is 6.14. The van der Waals surface area contributed by atoms with Crippen molar-refractivity contribution in [1.82, 2.24) is 0 Å². The van der Waals surface area contributed by atoms with E-state index in [4.69, 9.17) is 5.73 Å². The molecule has 0 aromatic heterocycles. The van der Waals surface area contributed by atoms with Gasteiger partial charge in [0.2, 0.25) is 0 Å². The topological polar surface area (TPSA) is 38.4 Å². The molecule has 0 spiro atoms. The molecule has 0 bridgehead atoms. The van der Waals surface area contributed by atoms with E-state index in [1.54, 1.807) is 0 Å². The van der Waals surface area contributed by atoms with Crippen molar-refractivity contribution in [2.45, 2.75) is 70.4 Å². The number of rotatable bonds is 1. The van der Waals surface area contributed by atoms with E-state index in [9.17, 15) is 0 Å². The maximum atomic E-state index is 6.14. The normalized spacial score (nSPS) is 31.9. The molecule has 1 aliphatic carbocycles. The summed E-state index contributed by atoms with van der Waals surface area (Å²) >= 11 is 0. The van der Waals surface area contributed by atoms with Gasteiger partial charge in [-0.05, 0) is 26.0 Å². The Bertz CT molecular complexity index is 166. The van der Waals surface area contributed by atoms with E-state index in [1.807, 2.05) is 13.1 Å². The van der Waals surface area contributed by atoms with E-state index in [1.165, 1.54) is 44.9 Å². The summed E-state index contributed by atoms with van der Waals surface area (Å²) in [6.07, 6.45) is 12.4. The van der Waals surface area contributed by atoms with Gasteiger partial charge in [-0.1, -0.05) is 38.5 Å². The molecule has 2 heteroatoms. The molecule has 0 aliphatic heterocycles. The minimum atomic E-state index is 0.296. The molecule has 0 aromatic rings. The Kier molecular flexibility index (Phi) is 5.85. The highest BCUT2D eigenvalue weighted by Gasteiger charge is 2.16. The van der Waals surface area contributed by atoms with Crippen LogP contribution in [0, 0.1) is 0 Å². The molecular formula is C12H24N2. The minimum Gasteiger partial charge on any atom is -0.326 e. The molecule has 2 atom stereocenters. The second-order valence-corrected chi connectivity index (χ2v) is 4.34. The van der Waals surface area contributed by atoms with E-state index in [0.717, 1.165) is 6.42 Å². The Morgan fingerprint density at radius 2 is 1.57 bits per heavy atom. The first-order valence-electron chi connectivity index (χ1n) is 6.08. The van der Waals surface area contributed by atoms with Crippen molar-refractivity contribution < 1.29 is 0 Å². The van der Waals surface area contributed by atoms with E-state index in [0.29, 0.717) is 12.1 Å². The molecule has 1 saturated carbocycles. The molecule has 0 saturated heterocycles. The molecule has 0 aromatic carbocycles. The lowest BCUT2D eigenvalue weighted by molar-refractivity contribution is 0.415. The molecule has 0 heterocycles. The SMILES string of the molecule is CC=NC1CCCCCCCCC1N. The number of hydrogen-bond acceptors (Lipinski definition) is 2. The van der Waals surface area contributed by atoms with Gasteiger partial charge in [0.05, 0.1) is 6.04 Å². The van der Waals surface area contributed by atoms with Crippen LogP contribution in [0.2, 0.25) is 0 Å². The zero-order valence-electron chi connectivity index (χ0n) is 9.41. The van der Waals surface area contributed by atoms with Gasteiger partial charge in [0.15, 0.2) is 0 Å². The summed E-state index contributed by atoms with van der Waals surface area (Å²) in [5.74, 6) is 0. The van der Waals surface area contributed by atoms with E-state index >= 15 is 0 Å². The monoisotopic (exact) mass is 196 g/mol. The van der Waals surface area contributed by atoms with Gasteiger partial charge in [-0.25, -0.2) is 0 Å². The van der Waals surface area contributed by atoms with Gasteiger partial charge >= 0.3 is 0 Å². The van der Waals surface area contributed by atoms with Crippen molar-refractivity contribution in [2.75, 3.05) is 0 Å². The predicted octanol–water partition coefficient (Wildman–Crippen LogP) is 2.91. The van der Waals surface area contributed by atoms with Crippen LogP contribution in [0.4, 0.5) is 0 Å². The van der Waals surface area contributed by atoms with Crippen LogP contribution in [-0.4, -0.2) is 18.3 Å². The Balaban J connectivity index is 2.42. The van der Waals surface area contributed by atoms with Crippen LogP contribution < -0.4 is 5.73 Å². The van der Waals surface area contributed by atoms with Crippen molar-refractivity contribution in [2.24, 2.45) is 10.7 Å². The fourth-order valence-electron chi connectivity index (χ4n) is 2.22. The molecule has 14 heavy (non-hydrogen) atoms. The van der Waals surface area contributed by atoms with Gasteiger partial charge < -0.3 is 5.73 Å². The molecule has 1 fully saturated rings. The van der Waals surface area contributed by atoms with Crippen LogP contribution in [0.5, 0.6) is 0 Å². The highest BCUT2D eigenvalue weighted by molar-refractivity contribution is 5.53. The van der Waals surface area contributed by atoms with Crippen LogP contribution in [-0.2, 0) is 0 Å². The third kappa shape index (κ3) is 4.23. The average Bonchev–Trinajstić information content (AvgIpc) is 2.20. The predicted molar refractivity (Wildman–Crippen MR) is 62.9 cm³/mol. The first-order chi connectivity index (χ1) is 6.84.